The second-order valence-electron chi connectivity index (χ2n) is 5.38. The summed E-state index contributed by atoms with van der Waals surface area (Å²) in [5, 5.41) is 0. The van der Waals surface area contributed by atoms with E-state index in [9.17, 15) is 4.79 Å². The molecule has 1 unspecified atom stereocenters. The molecule has 0 radical (unpaired) electrons. The van der Waals surface area contributed by atoms with Crippen LogP contribution in [0.5, 0.6) is 0 Å². The van der Waals surface area contributed by atoms with Crippen molar-refractivity contribution in [1.29, 1.82) is 0 Å². The molecule has 1 atom stereocenters. The Balaban J connectivity index is 1.78. The van der Waals surface area contributed by atoms with Crippen LogP contribution in [0, 0.1) is 17.3 Å². The first-order valence-corrected chi connectivity index (χ1v) is 5.26. The number of rotatable bonds is 3. The molecule has 0 bridgehead atoms. The fraction of sp³-hybridized carbons (Fsp3) is 0.909. The Morgan fingerprint density at radius 3 is 2.38 bits per heavy atom. The fourth-order valence-electron chi connectivity index (χ4n) is 1.95. The number of amides is 1. The predicted molar refractivity (Wildman–Crippen MR) is 52.2 cm³/mol. The topological polar surface area (TPSA) is 20.3 Å². The summed E-state index contributed by atoms with van der Waals surface area (Å²) in [7, 11) is 1.95. The van der Waals surface area contributed by atoms with Gasteiger partial charge in [0.25, 0.3) is 0 Å². The van der Waals surface area contributed by atoms with Crippen LogP contribution in [0.25, 0.3) is 0 Å². The Morgan fingerprint density at radius 1 is 1.46 bits per heavy atom. The summed E-state index contributed by atoms with van der Waals surface area (Å²) in [6.45, 7) is 5.54. The van der Waals surface area contributed by atoms with Gasteiger partial charge in [-0.3, -0.25) is 4.79 Å². The van der Waals surface area contributed by atoms with Crippen molar-refractivity contribution in [1.82, 2.24) is 4.90 Å². The fourth-order valence-corrected chi connectivity index (χ4v) is 1.95. The van der Waals surface area contributed by atoms with E-state index in [1.54, 1.807) is 0 Å². The van der Waals surface area contributed by atoms with Gasteiger partial charge < -0.3 is 4.90 Å². The first kappa shape index (κ1) is 9.04. The summed E-state index contributed by atoms with van der Waals surface area (Å²) in [6, 6.07) is 0. The van der Waals surface area contributed by atoms with Gasteiger partial charge in [-0.1, -0.05) is 13.8 Å². The lowest BCUT2D eigenvalue weighted by Crippen LogP contribution is -2.30. The first-order valence-electron chi connectivity index (χ1n) is 5.26. The summed E-state index contributed by atoms with van der Waals surface area (Å²) >= 11 is 0. The van der Waals surface area contributed by atoms with Crippen LogP contribution in [0.2, 0.25) is 0 Å². The minimum atomic E-state index is 0.378. The molecule has 0 spiro atoms. The van der Waals surface area contributed by atoms with Crippen molar-refractivity contribution in [2.45, 2.75) is 33.1 Å². The molecule has 0 aromatic carbocycles. The highest BCUT2D eigenvalue weighted by Crippen LogP contribution is 2.51. The third kappa shape index (κ3) is 1.87. The zero-order valence-corrected chi connectivity index (χ0v) is 8.84. The van der Waals surface area contributed by atoms with Crippen LogP contribution in [0.15, 0.2) is 0 Å². The maximum Gasteiger partial charge on any atom is 0.225 e. The summed E-state index contributed by atoms with van der Waals surface area (Å²) in [4.78, 5) is 13.5. The van der Waals surface area contributed by atoms with Gasteiger partial charge in [-0.05, 0) is 30.6 Å². The van der Waals surface area contributed by atoms with E-state index in [4.69, 9.17) is 0 Å². The van der Waals surface area contributed by atoms with E-state index < -0.39 is 0 Å². The molecule has 2 aliphatic rings. The zero-order valence-electron chi connectivity index (χ0n) is 8.84. The highest BCUT2D eigenvalue weighted by atomic mass is 16.2. The molecule has 0 aromatic rings. The normalized spacial score (nSPS) is 29.9. The Morgan fingerprint density at radius 2 is 2.00 bits per heavy atom. The summed E-state index contributed by atoms with van der Waals surface area (Å²) in [5.41, 5.74) is 0.498. The van der Waals surface area contributed by atoms with Gasteiger partial charge in [0.1, 0.15) is 0 Å². The minimum absolute atomic E-state index is 0.378. The lowest BCUT2D eigenvalue weighted by Gasteiger charge is -2.17. The number of hydrogen-bond acceptors (Lipinski definition) is 1. The maximum absolute atomic E-state index is 11.6. The number of nitrogens with zero attached hydrogens (tertiary/aromatic N) is 1. The number of hydrogen-bond donors (Lipinski definition) is 0. The van der Waals surface area contributed by atoms with Crippen LogP contribution in [0.3, 0.4) is 0 Å². The van der Waals surface area contributed by atoms with Gasteiger partial charge in [-0.2, -0.15) is 0 Å². The Kier molecular flexibility index (Phi) is 1.90. The Labute approximate surface area is 80.3 Å². The van der Waals surface area contributed by atoms with E-state index in [2.05, 4.69) is 13.8 Å². The smallest absolute Gasteiger partial charge is 0.225 e. The predicted octanol–water partition coefficient (Wildman–Crippen LogP) is 1.90. The third-order valence-electron chi connectivity index (χ3n) is 3.51. The van der Waals surface area contributed by atoms with Gasteiger partial charge in [0.2, 0.25) is 5.91 Å². The molecule has 2 fully saturated rings. The van der Waals surface area contributed by atoms with Gasteiger partial charge in [-0.15, -0.1) is 0 Å². The summed E-state index contributed by atoms with van der Waals surface area (Å²) in [6.07, 6.45) is 3.53. The highest BCUT2D eigenvalue weighted by molar-refractivity contribution is 5.80. The van der Waals surface area contributed by atoms with E-state index >= 15 is 0 Å². The second kappa shape index (κ2) is 2.73. The Hall–Kier alpha value is -0.530. The van der Waals surface area contributed by atoms with Crippen molar-refractivity contribution in [2.75, 3.05) is 13.6 Å². The zero-order chi connectivity index (χ0) is 9.64. The molecule has 1 amide bonds. The average Bonchev–Trinajstić information content (AvgIpc) is 2.88. The first-order chi connectivity index (χ1) is 6.00. The molecule has 0 heterocycles. The number of carbonyl (C=O) groups excluding carboxylic acids is 1. The van der Waals surface area contributed by atoms with Gasteiger partial charge >= 0.3 is 0 Å². The van der Waals surface area contributed by atoms with E-state index in [0.29, 0.717) is 17.2 Å². The monoisotopic (exact) mass is 181 g/mol. The third-order valence-corrected chi connectivity index (χ3v) is 3.51. The van der Waals surface area contributed by atoms with Crippen LogP contribution >= 0.6 is 0 Å². The van der Waals surface area contributed by atoms with E-state index in [1.807, 2.05) is 11.9 Å². The van der Waals surface area contributed by atoms with Crippen molar-refractivity contribution in [3.05, 3.63) is 0 Å². The molecule has 0 aromatic heterocycles. The van der Waals surface area contributed by atoms with Gasteiger partial charge in [0, 0.05) is 19.5 Å². The molecule has 2 nitrogen and oxygen atoms in total. The molecule has 13 heavy (non-hydrogen) atoms. The number of carbonyl (C=O) groups is 1. The second-order valence-corrected chi connectivity index (χ2v) is 5.38. The van der Waals surface area contributed by atoms with Crippen LogP contribution in [0.4, 0.5) is 0 Å². The van der Waals surface area contributed by atoms with Crippen molar-refractivity contribution in [3.8, 4) is 0 Å². The van der Waals surface area contributed by atoms with Gasteiger partial charge in [0.15, 0.2) is 0 Å². The van der Waals surface area contributed by atoms with Crippen molar-refractivity contribution < 1.29 is 4.79 Å². The average molecular weight is 181 g/mol. The standard InChI is InChI=1S/C11H19NO/c1-11(2)6-9(11)7-12(3)10(13)8-4-5-8/h8-9H,4-7H2,1-3H3. The molecular weight excluding hydrogens is 162 g/mol. The van der Waals surface area contributed by atoms with Crippen molar-refractivity contribution in [3.63, 3.8) is 0 Å². The largest absolute Gasteiger partial charge is 0.345 e. The maximum atomic E-state index is 11.6. The summed E-state index contributed by atoms with van der Waals surface area (Å²) < 4.78 is 0. The molecule has 0 aliphatic heterocycles. The minimum Gasteiger partial charge on any atom is -0.345 e. The van der Waals surface area contributed by atoms with E-state index in [1.165, 1.54) is 6.42 Å². The van der Waals surface area contributed by atoms with Crippen LogP contribution in [-0.4, -0.2) is 24.4 Å². The van der Waals surface area contributed by atoms with Crippen LogP contribution in [-0.2, 0) is 4.79 Å². The van der Waals surface area contributed by atoms with Crippen LogP contribution in [0.1, 0.15) is 33.1 Å². The molecule has 2 aliphatic carbocycles. The molecular formula is C11H19NO. The van der Waals surface area contributed by atoms with Crippen LogP contribution < -0.4 is 0 Å². The summed E-state index contributed by atoms with van der Waals surface area (Å²) in [5.74, 6) is 1.51. The van der Waals surface area contributed by atoms with E-state index in [0.717, 1.165) is 25.3 Å². The molecule has 2 heteroatoms. The van der Waals surface area contributed by atoms with E-state index in [-0.39, 0.29) is 0 Å². The molecule has 2 rings (SSSR count). The molecule has 74 valence electrons. The van der Waals surface area contributed by atoms with Crippen molar-refractivity contribution >= 4 is 5.91 Å². The van der Waals surface area contributed by atoms with Gasteiger partial charge in [0.05, 0.1) is 0 Å². The van der Waals surface area contributed by atoms with Gasteiger partial charge in [-0.25, -0.2) is 0 Å². The van der Waals surface area contributed by atoms with Crippen molar-refractivity contribution in [2.24, 2.45) is 17.3 Å². The lowest BCUT2D eigenvalue weighted by atomic mass is 10.1. The molecule has 2 saturated carbocycles. The lowest BCUT2D eigenvalue weighted by molar-refractivity contribution is -0.131. The SMILES string of the molecule is CN(CC1CC1(C)C)C(=O)C1CC1. The molecule has 0 saturated heterocycles. The Bertz CT molecular complexity index is 230. The highest BCUT2D eigenvalue weighted by Gasteiger charge is 2.46. The molecule has 0 N–H and O–H groups in total. The quantitative estimate of drug-likeness (QED) is 0.651.